The van der Waals surface area contributed by atoms with Crippen LogP contribution < -0.4 is 0 Å². The second kappa shape index (κ2) is 29.6. The van der Waals surface area contributed by atoms with Crippen LogP contribution in [0.25, 0.3) is 11.6 Å². The first-order valence-electron chi connectivity index (χ1n) is 16.0. The number of aryl methyl sites for hydroxylation is 3. The van der Waals surface area contributed by atoms with Gasteiger partial charge < -0.3 is 4.99 Å². The maximum absolute atomic E-state index is 3.79. The van der Waals surface area contributed by atoms with Crippen LogP contribution in [0, 0.1) is 19.8 Å². The van der Waals surface area contributed by atoms with E-state index in [-0.39, 0.29) is 0 Å². The molecule has 0 spiro atoms. The molecule has 0 N–H and O–H groups in total. The van der Waals surface area contributed by atoms with Crippen LogP contribution in [-0.2, 0) is 6.42 Å². The fourth-order valence-corrected chi connectivity index (χ4v) is 4.08. The van der Waals surface area contributed by atoms with Gasteiger partial charge in [0.15, 0.2) is 0 Å². The molecule has 0 radical (unpaired) electrons. The second-order valence-electron chi connectivity index (χ2n) is 10.5. The number of allylic oxidation sites excluding steroid dienone is 2. The third-order valence-electron chi connectivity index (χ3n) is 6.40. The Hall–Kier alpha value is -2.41. The van der Waals surface area contributed by atoms with Gasteiger partial charge in [0, 0.05) is 7.05 Å². The molecule has 0 saturated carbocycles. The Morgan fingerprint density at radius 1 is 0.900 bits per heavy atom. The molecule has 0 bridgehead atoms. The van der Waals surface area contributed by atoms with Crippen molar-refractivity contribution in [2.75, 3.05) is 7.05 Å². The van der Waals surface area contributed by atoms with Gasteiger partial charge in [0.25, 0.3) is 0 Å². The van der Waals surface area contributed by atoms with Crippen molar-refractivity contribution in [1.29, 1.82) is 0 Å². The molecule has 0 atom stereocenters. The highest BCUT2D eigenvalue weighted by atomic mass is 14.6. The van der Waals surface area contributed by atoms with Crippen LogP contribution >= 0.6 is 0 Å². The van der Waals surface area contributed by atoms with Crippen molar-refractivity contribution in [3.63, 3.8) is 0 Å². The van der Waals surface area contributed by atoms with Gasteiger partial charge in [-0.25, -0.2) is 0 Å². The molecule has 228 valence electrons. The smallest absolute Gasteiger partial charge is 0.0273 e. The summed E-state index contributed by atoms with van der Waals surface area (Å²) in [6.07, 6.45) is 14.4. The predicted octanol–water partition coefficient (Wildman–Crippen LogP) is 13.1. The second-order valence-corrected chi connectivity index (χ2v) is 10.5. The van der Waals surface area contributed by atoms with E-state index in [0.717, 1.165) is 12.3 Å². The number of hydrogen-bond acceptors (Lipinski definition) is 1. The molecule has 1 heteroatoms. The first-order chi connectivity index (χ1) is 19.1. The number of unbranched alkanes of at least 4 members (excludes halogenated alkanes) is 1. The maximum atomic E-state index is 3.79. The summed E-state index contributed by atoms with van der Waals surface area (Å²) >= 11 is 0. The number of hydrogen-bond donors (Lipinski definition) is 0. The van der Waals surface area contributed by atoms with Gasteiger partial charge in [0.05, 0.1) is 0 Å². The van der Waals surface area contributed by atoms with Gasteiger partial charge in [-0.05, 0) is 93.8 Å². The zero-order valence-electron chi connectivity index (χ0n) is 29.1. The molecule has 0 fully saturated rings. The van der Waals surface area contributed by atoms with Gasteiger partial charge in [-0.2, -0.15) is 0 Å². The molecule has 0 amide bonds. The van der Waals surface area contributed by atoms with Crippen molar-refractivity contribution in [2.45, 2.75) is 134 Å². The van der Waals surface area contributed by atoms with Crippen LogP contribution in [-0.4, -0.2) is 13.3 Å². The summed E-state index contributed by atoms with van der Waals surface area (Å²) in [6, 6.07) is 15.3. The van der Waals surface area contributed by atoms with E-state index in [1.165, 1.54) is 83.9 Å². The van der Waals surface area contributed by atoms with Crippen molar-refractivity contribution in [3.05, 3.63) is 82.4 Å². The van der Waals surface area contributed by atoms with E-state index in [1.807, 2.05) is 20.8 Å². The lowest BCUT2D eigenvalue weighted by atomic mass is 9.96. The zero-order valence-corrected chi connectivity index (χ0v) is 29.1. The number of aliphatic imine (C=N–C) groups is 1. The Labute approximate surface area is 252 Å². The highest BCUT2D eigenvalue weighted by Crippen LogP contribution is 2.24. The van der Waals surface area contributed by atoms with E-state index in [4.69, 9.17) is 0 Å². The van der Waals surface area contributed by atoms with Gasteiger partial charge in [0.2, 0.25) is 0 Å². The Bertz CT molecular complexity index is 906. The number of nitrogens with zero attached hydrogens (tertiary/aromatic N) is 1. The molecule has 0 aromatic heterocycles. The SMILES string of the molecule is C=C(C)CCCC.CC.CC=NC.CCCC(C)CCC.CCc1ccccc1/C=C(\C)c1cc(C)ccc1C. The summed E-state index contributed by atoms with van der Waals surface area (Å²) in [5.41, 5.74) is 9.40. The van der Waals surface area contributed by atoms with Crippen molar-refractivity contribution in [3.8, 4) is 0 Å². The lowest BCUT2D eigenvalue weighted by Crippen LogP contribution is -1.91. The quantitative estimate of drug-likeness (QED) is 0.159. The van der Waals surface area contributed by atoms with Gasteiger partial charge in [-0.15, -0.1) is 6.58 Å². The van der Waals surface area contributed by atoms with Crippen molar-refractivity contribution in [1.82, 2.24) is 0 Å². The van der Waals surface area contributed by atoms with E-state index < -0.39 is 0 Å². The Morgan fingerprint density at radius 2 is 1.45 bits per heavy atom. The largest absolute Gasteiger partial charge is 0.301 e. The normalized spacial score (nSPS) is 10.3. The summed E-state index contributed by atoms with van der Waals surface area (Å²) in [5.74, 6) is 0.963. The molecule has 0 aliphatic heterocycles. The number of benzene rings is 2. The molecular formula is C39H67N. The lowest BCUT2D eigenvalue weighted by Gasteiger charge is -2.09. The summed E-state index contributed by atoms with van der Waals surface area (Å²) in [5, 5.41) is 0. The van der Waals surface area contributed by atoms with Gasteiger partial charge >= 0.3 is 0 Å². The standard InChI is InChI=1S/C19H22.C8H18.C7H14.C3H7N.C2H6/c1-5-17-8-6-7-9-18(17)13-16(4)19-12-14(2)10-11-15(19)3;1-4-6-8(3)7-5-2;1-4-5-6-7(2)3;1-3-4-2;1-2/h6-13H,5H2,1-4H3;8H,4-7H2,1-3H3;2,4-6H2,1,3H3;3H,1-2H3;1-2H3/b16-13+;;;;. The summed E-state index contributed by atoms with van der Waals surface area (Å²) in [4.78, 5) is 3.61. The van der Waals surface area contributed by atoms with Crippen LogP contribution in [0.5, 0.6) is 0 Å². The molecule has 0 aliphatic rings. The molecular weight excluding hydrogens is 482 g/mol. The fraction of sp³-hybridized carbons (Fsp3) is 0.564. The molecule has 0 unspecified atom stereocenters. The third-order valence-corrected chi connectivity index (χ3v) is 6.40. The Kier molecular flexibility index (Phi) is 31.1. The first-order valence-corrected chi connectivity index (χ1v) is 16.0. The van der Waals surface area contributed by atoms with Crippen LogP contribution in [0.2, 0.25) is 0 Å². The molecule has 0 aliphatic carbocycles. The Morgan fingerprint density at radius 3 is 1.88 bits per heavy atom. The summed E-state index contributed by atoms with van der Waals surface area (Å²) < 4.78 is 0. The van der Waals surface area contributed by atoms with Crippen LogP contribution in [0.1, 0.15) is 142 Å². The third kappa shape index (κ3) is 23.5. The van der Waals surface area contributed by atoms with E-state index >= 15 is 0 Å². The molecule has 2 aromatic rings. The predicted molar refractivity (Wildman–Crippen MR) is 190 cm³/mol. The monoisotopic (exact) mass is 550 g/mol. The van der Waals surface area contributed by atoms with Gasteiger partial charge in [-0.1, -0.05) is 140 Å². The highest BCUT2D eigenvalue weighted by Gasteiger charge is 2.03. The zero-order chi connectivity index (χ0) is 31.3. The highest BCUT2D eigenvalue weighted by molar-refractivity contribution is 5.82. The fourth-order valence-electron chi connectivity index (χ4n) is 4.08. The summed E-state index contributed by atoms with van der Waals surface area (Å²) in [6.45, 7) is 29.5. The minimum Gasteiger partial charge on any atom is -0.301 e. The average Bonchev–Trinajstić information content (AvgIpc) is 2.95. The molecule has 0 heterocycles. The first kappa shape index (κ1) is 42.1. The molecule has 40 heavy (non-hydrogen) atoms. The molecule has 2 aromatic carbocycles. The minimum absolute atomic E-state index is 0.963. The van der Waals surface area contributed by atoms with E-state index in [1.54, 1.807) is 13.3 Å². The van der Waals surface area contributed by atoms with Crippen molar-refractivity contribution >= 4 is 17.9 Å². The van der Waals surface area contributed by atoms with Crippen LogP contribution in [0.3, 0.4) is 0 Å². The molecule has 0 saturated heterocycles. The van der Waals surface area contributed by atoms with E-state index in [0.29, 0.717) is 0 Å². The van der Waals surface area contributed by atoms with Crippen LogP contribution in [0.4, 0.5) is 0 Å². The van der Waals surface area contributed by atoms with Crippen molar-refractivity contribution in [2.24, 2.45) is 10.9 Å². The average molecular weight is 550 g/mol. The minimum atomic E-state index is 0.963. The lowest BCUT2D eigenvalue weighted by molar-refractivity contribution is 0.480. The van der Waals surface area contributed by atoms with E-state index in [2.05, 4.69) is 122 Å². The summed E-state index contributed by atoms with van der Waals surface area (Å²) in [7, 11) is 1.75. The van der Waals surface area contributed by atoms with Gasteiger partial charge in [0.1, 0.15) is 0 Å². The van der Waals surface area contributed by atoms with Crippen molar-refractivity contribution < 1.29 is 0 Å². The Balaban J connectivity index is -0.000000541. The van der Waals surface area contributed by atoms with E-state index in [9.17, 15) is 0 Å². The van der Waals surface area contributed by atoms with Crippen LogP contribution in [0.15, 0.2) is 59.6 Å². The topological polar surface area (TPSA) is 12.4 Å². The maximum Gasteiger partial charge on any atom is 0.0273 e. The molecule has 2 rings (SSSR count). The number of rotatable bonds is 10. The molecule has 1 nitrogen and oxygen atoms in total. The van der Waals surface area contributed by atoms with Gasteiger partial charge in [-0.3, -0.25) is 0 Å².